The molecule has 21 heavy (non-hydrogen) atoms. The number of nitrogens with zero attached hydrogens (tertiary/aromatic N) is 1. The van der Waals surface area contributed by atoms with E-state index < -0.39 is 5.97 Å². The summed E-state index contributed by atoms with van der Waals surface area (Å²) in [7, 11) is 0. The molecule has 2 rings (SSSR count). The van der Waals surface area contributed by atoms with Crippen molar-refractivity contribution in [2.24, 2.45) is 0 Å². The Morgan fingerprint density at radius 2 is 2.14 bits per heavy atom. The molecule has 0 saturated carbocycles. The van der Waals surface area contributed by atoms with Gasteiger partial charge < -0.3 is 21.1 Å². The van der Waals surface area contributed by atoms with Crippen molar-refractivity contribution in [2.75, 3.05) is 30.7 Å². The lowest BCUT2D eigenvalue weighted by molar-refractivity contribution is 0.0698. The molecule has 0 amide bonds. The molecule has 1 aliphatic rings. The number of benzene rings is 1. The van der Waals surface area contributed by atoms with E-state index in [9.17, 15) is 9.90 Å². The van der Waals surface area contributed by atoms with Crippen molar-refractivity contribution in [3.05, 3.63) is 22.7 Å². The van der Waals surface area contributed by atoms with Gasteiger partial charge in [0, 0.05) is 24.8 Å². The van der Waals surface area contributed by atoms with Crippen LogP contribution >= 0.6 is 11.6 Å². The first-order valence-electron chi connectivity index (χ1n) is 7.32. The predicted molar refractivity (Wildman–Crippen MR) is 86.2 cm³/mol. The van der Waals surface area contributed by atoms with E-state index in [4.69, 9.17) is 17.3 Å². The van der Waals surface area contributed by atoms with Gasteiger partial charge in [-0.1, -0.05) is 18.5 Å². The molecule has 1 aromatic rings. The van der Waals surface area contributed by atoms with E-state index in [2.05, 4.69) is 17.1 Å². The lowest BCUT2D eigenvalue weighted by Gasteiger charge is -2.33. The number of carboxylic acid groups (broad SMARTS) is 1. The van der Waals surface area contributed by atoms with Crippen molar-refractivity contribution < 1.29 is 9.90 Å². The molecule has 1 saturated heterocycles. The molecule has 0 atom stereocenters. The summed E-state index contributed by atoms with van der Waals surface area (Å²) in [4.78, 5) is 13.8. The third-order valence-corrected chi connectivity index (χ3v) is 4.12. The molecular weight excluding hydrogens is 290 g/mol. The van der Waals surface area contributed by atoms with Crippen LogP contribution in [0, 0.1) is 0 Å². The molecule has 0 aromatic heterocycles. The monoisotopic (exact) mass is 311 g/mol. The van der Waals surface area contributed by atoms with Gasteiger partial charge in [0.25, 0.3) is 0 Å². The normalized spacial score (nSPS) is 16.9. The molecule has 1 fully saturated rings. The highest BCUT2D eigenvalue weighted by atomic mass is 35.5. The number of rotatable bonds is 5. The maximum absolute atomic E-state index is 11.3. The average Bonchev–Trinajstić information content (AvgIpc) is 2.43. The van der Waals surface area contributed by atoms with E-state index in [1.165, 1.54) is 6.07 Å². The van der Waals surface area contributed by atoms with Crippen LogP contribution in [-0.4, -0.2) is 41.7 Å². The number of carboxylic acids is 1. The predicted octanol–water partition coefficient (Wildman–Crippen LogP) is 2.91. The number of likely N-dealkylation sites (tertiary alicyclic amines) is 1. The smallest absolute Gasteiger partial charge is 0.337 e. The van der Waals surface area contributed by atoms with E-state index in [0.29, 0.717) is 16.4 Å². The molecule has 4 N–H and O–H groups in total. The average molecular weight is 312 g/mol. The van der Waals surface area contributed by atoms with Gasteiger partial charge >= 0.3 is 5.97 Å². The summed E-state index contributed by atoms with van der Waals surface area (Å²) in [5, 5.41) is 13.0. The van der Waals surface area contributed by atoms with Gasteiger partial charge in [-0.15, -0.1) is 0 Å². The number of nitrogens with two attached hydrogens (primary N) is 1. The lowest BCUT2D eigenvalue weighted by atomic mass is 10.0. The number of hydrogen-bond acceptors (Lipinski definition) is 4. The fourth-order valence-corrected chi connectivity index (χ4v) is 3.05. The van der Waals surface area contributed by atoms with Gasteiger partial charge in [-0.25, -0.2) is 4.79 Å². The molecule has 0 spiro atoms. The van der Waals surface area contributed by atoms with Gasteiger partial charge in [-0.3, -0.25) is 0 Å². The molecule has 0 unspecified atom stereocenters. The second kappa shape index (κ2) is 7.00. The van der Waals surface area contributed by atoms with Crippen LogP contribution in [0.3, 0.4) is 0 Å². The van der Waals surface area contributed by atoms with Crippen molar-refractivity contribution in [2.45, 2.75) is 32.2 Å². The van der Waals surface area contributed by atoms with E-state index in [-0.39, 0.29) is 11.6 Å². The van der Waals surface area contributed by atoms with Crippen LogP contribution in [0.5, 0.6) is 0 Å². The number of piperidine rings is 1. The maximum atomic E-state index is 11.3. The zero-order valence-corrected chi connectivity index (χ0v) is 13.0. The first-order chi connectivity index (χ1) is 10.0. The number of carbonyl (C=O) groups is 1. The molecule has 0 bridgehead atoms. The molecule has 5 nitrogen and oxygen atoms in total. The van der Waals surface area contributed by atoms with Crippen LogP contribution in [0.4, 0.5) is 11.4 Å². The van der Waals surface area contributed by atoms with Crippen LogP contribution < -0.4 is 11.1 Å². The van der Waals surface area contributed by atoms with Crippen molar-refractivity contribution in [3.63, 3.8) is 0 Å². The van der Waals surface area contributed by atoms with Crippen LogP contribution in [0.1, 0.15) is 36.5 Å². The Kier molecular flexibility index (Phi) is 5.31. The minimum absolute atomic E-state index is 0.135. The second-order valence-electron chi connectivity index (χ2n) is 5.49. The van der Waals surface area contributed by atoms with Gasteiger partial charge in [0.15, 0.2) is 0 Å². The van der Waals surface area contributed by atoms with E-state index >= 15 is 0 Å². The minimum Gasteiger partial charge on any atom is -0.478 e. The number of nitrogens with one attached hydrogen (secondary N) is 1. The number of halogens is 1. The molecule has 6 heteroatoms. The van der Waals surface area contributed by atoms with Crippen molar-refractivity contribution in [1.82, 2.24) is 4.90 Å². The molecule has 0 aliphatic carbocycles. The second-order valence-corrected chi connectivity index (χ2v) is 5.90. The van der Waals surface area contributed by atoms with Crippen LogP contribution in [-0.2, 0) is 0 Å². The molecule has 1 heterocycles. The third-order valence-electron chi connectivity index (χ3n) is 3.82. The van der Waals surface area contributed by atoms with Crippen molar-refractivity contribution >= 4 is 28.9 Å². The van der Waals surface area contributed by atoms with Gasteiger partial charge in [-0.2, -0.15) is 0 Å². The zero-order valence-electron chi connectivity index (χ0n) is 12.2. The topological polar surface area (TPSA) is 78.6 Å². The molecule has 0 radical (unpaired) electrons. The largest absolute Gasteiger partial charge is 0.478 e. The quantitative estimate of drug-likeness (QED) is 0.729. The summed E-state index contributed by atoms with van der Waals surface area (Å²) < 4.78 is 0. The number of anilines is 2. The summed E-state index contributed by atoms with van der Waals surface area (Å²) >= 11 is 6.16. The zero-order chi connectivity index (χ0) is 15.4. The Bertz CT molecular complexity index is 514. The third kappa shape index (κ3) is 4.02. The summed E-state index contributed by atoms with van der Waals surface area (Å²) in [6.45, 7) is 5.36. The fourth-order valence-electron chi connectivity index (χ4n) is 2.76. The first-order valence-corrected chi connectivity index (χ1v) is 7.70. The Labute approximate surface area is 130 Å². The van der Waals surface area contributed by atoms with Gasteiger partial charge in [-0.05, 0) is 37.9 Å². The van der Waals surface area contributed by atoms with Gasteiger partial charge in [0.2, 0.25) is 0 Å². The van der Waals surface area contributed by atoms with Crippen molar-refractivity contribution in [1.29, 1.82) is 0 Å². The van der Waals surface area contributed by atoms with Gasteiger partial charge in [0.05, 0.1) is 16.3 Å². The molecular formula is C15H22ClN3O2. The van der Waals surface area contributed by atoms with Crippen LogP contribution in [0.2, 0.25) is 5.02 Å². The Balaban J connectivity index is 2.08. The van der Waals surface area contributed by atoms with E-state index in [1.807, 2.05) is 0 Å². The highest BCUT2D eigenvalue weighted by Crippen LogP contribution is 2.31. The summed E-state index contributed by atoms with van der Waals surface area (Å²) in [5.41, 5.74) is 6.64. The van der Waals surface area contributed by atoms with E-state index in [0.717, 1.165) is 38.9 Å². The van der Waals surface area contributed by atoms with E-state index in [1.54, 1.807) is 6.07 Å². The fraction of sp³-hybridized carbons (Fsp3) is 0.533. The highest BCUT2D eigenvalue weighted by molar-refractivity contribution is 6.34. The number of aromatic carboxylic acids is 1. The summed E-state index contributed by atoms with van der Waals surface area (Å²) in [6.07, 6.45) is 3.13. The Morgan fingerprint density at radius 1 is 1.48 bits per heavy atom. The minimum atomic E-state index is -1.02. The lowest BCUT2D eigenvalue weighted by Crippen LogP contribution is -2.39. The molecule has 1 aliphatic heterocycles. The van der Waals surface area contributed by atoms with Crippen molar-refractivity contribution in [3.8, 4) is 0 Å². The Hall–Kier alpha value is -1.46. The molecule has 1 aromatic carbocycles. The number of hydrogen-bond donors (Lipinski definition) is 3. The van der Waals surface area contributed by atoms with Gasteiger partial charge in [0.1, 0.15) is 0 Å². The number of nitrogen functional groups attached to an aromatic ring is 1. The summed E-state index contributed by atoms with van der Waals surface area (Å²) in [5.74, 6) is -1.02. The maximum Gasteiger partial charge on any atom is 0.337 e. The highest BCUT2D eigenvalue weighted by Gasteiger charge is 2.22. The Morgan fingerprint density at radius 3 is 2.71 bits per heavy atom. The van der Waals surface area contributed by atoms with Crippen LogP contribution in [0.15, 0.2) is 12.1 Å². The SMILES string of the molecule is CCCN1CCC(Nc2c(Cl)cc(N)cc2C(=O)O)CC1. The standard InChI is InChI=1S/C15H22ClN3O2/c1-2-5-19-6-3-11(4-7-19)18-14-12(15(20)21)8-10(17)9-13(14)16/h8-9,11,18H,2-7,17H2,1H3,(H,20,21). The first kappa shape index (κ1) is 15.9. The molecule has 116 valence electrons. The van der Waals surface area contributed by atoms with Crippen LogP contribution in [0.25, 0.3) is 0 Å². The summed E-state index contributed by atoms with van der Waals surface area (Å²) in [6, 6.07) is 3.28.